The third kappa shape index (κ3) is 1.96. The van der Waals surface area contributed by atoms with Crippen molar-refractivity contribution in [1.82, 2.24) is 4.72 Å². The van der Waals surface area contributed by atoms with Gasteiger partial charge in [-0.1, -0.05) is 0 Å². The molecule has 3 saturated carbocycles. The lowest BCUT2D eigenvalue weighted by Crippen LogP contribution is -2.30. The van der Waals surface area contributed by atoms with E-state index in [1.807, 2.05) is 0 Å². The molecule has 0 heterocycles. The summed E-state index contributed by atoms with van der Waals surface area (Å²) in [4.78, 5) is 0.141. The van der Waals surface area contributed by atoms with E-state index in [2.05, 4.69) is 4.72 Å². The van der Waals surface area contributed by atoms with Crippen molar-refractivity contribution < 1.29 is 13.2 Å². The normalized spacial score (nSPS) is 36.5. The Labute approximate surface area is 124 Å². The fourth-order valence-electron chi connectivity index (χ4n) is 4.63. The van der Waals surface area contributed by atoms with Crippen molar-refractivity contribution in [3.8, 4) is 5.75 Å². The molecule has 6 heteroatoms. The summed E-state index contributed by atoms with van der Waals surface area (Å²) in [6.07, 6.45) is 3.84. The Balaban J connectivity index is 1.59. The molecule has 3 N–H and O–H groups in total. The third-order valence-electron chi connectivity index (χ3n) is 5.50. The highest BCUT2D eigenvalue weighted by atomic mass is 32.2. The Morgan fingerprint density at radius 2 is 1.90 bits per heavy atom. The van der Waals surface area contributed by atoms with Crippen LogP contribution in [-0.2, 0) is 10.0 Å². The van der Waals surface area contributed by atoms with Gasteiger partial charge in [0, 0.05) is 11.7 Å². The molecule has 114 valence electrons. The number of sulfonamides is 1. The number of rotatable bonds is 4. The number of benzene rings is 1. The molecule has 4 unspecified atom stereocenters. The van der Waals surface area contributed by atoms with Gasteiger partial charge in [-0.2, -0.15) is 0 Å². The minimum Gasteiger partial charge on any atom is -0.495 e. The number of hydrogen-bond acceptors (Lipinski definition) is 4. The Morgan fingerprint density at radius 3 is 2.52 bits per heavy atom. The van der Waals surface area contributed by atoms with Crippen molar-refractivity contribution >= 4 is 15.7 Å². The zero-order valence-electron chi connectivity index (χ0n) is 12.0. The summed E-state index contributed by atoms with van der Waals surface area (Å²) in [6, 6.07) is 4.83. The lowest BCUT2D eigenvalue weighted by atomic mass is 10.0. The minimum absolute atomic E-state index is 0.118. The second-order valence-corrected chi connectivity index (χ2v) is 8.23. The smallest absolute Gasteiger partial charge is 0.244 e. The van der Waals surface area contributed by atoms with E-state index in [-0.39, 0.29) is 10.9 Å². The lowest BCUT2D eigenvalue weighted by Gasteiger charge is -2.14. The highest BCUT2D eigenvalue weighted by Gasteiger charge is 2.65. The highest BCUT2D eigenvalue weighted by Crippen LogP contribution is 2.65. The molecule has 3 aliphatic carbocycles. The molecule has 0 aliphatic heterocycles. The van der Waals surface area contributed by atoms with Crippen molar-refractivity contribution in [2.24, 2.45) is 23.7 Å². The van der Waals surface area contributed by atoms with Crippen LogP contribution in [0.15, 0.2) is 23.1 Å². The SMILES string of the molecule is COc1ccc(N)cc1S(=O)(=O)NC1C2C3CCC(C3)C12. The molecule has 0 aromatic heterocycles. The van der Waals surface area contributed by atoms with E-state index in [9.17, 15) is 8.42 Å². The standard InChI is InChI=1S/C15H20N2O3S/c1-20-11-5-4-10(16)7-12(11)21(18,19)17-15-13-8-2-3-9(6-8)14(13)15/h4-5,7-9,13-15,17H,2-3,6,16H2,1H3. The van der Waals surface area contributed by atoms with Gasteiger partial charge in [-0.25, -0.2) is 13.1 Å². The molecule has 0 radical (unpaired) electrons. The first-order valence-corrected chi connectivity index (χ1v) is 8.95. The second kappa shape index (κ2) is 4.36. The van der Waals surface area contributed by atoms with Crippen molar-refractivity contribution in [1.29, 1.82) is 0 Å². The molecule has 2 bridgehead atoms. The molecule has 1 aromatic carbocycles. The summed E-state index contributed by atoms with van der Waals surface area (Å²) < 4.78 is 33.3. The number of nitrogens with one attached hydrogen (secondary N) is 1. The zero-order chi connectivity index (χ0) is 14.8. The van der Waals surface area contributed by atoms with Crippen LogP contribution in [0.3, 0.4) is 0 Å². The van der Waals surface area contributed by atoms with Gasteiger partial charge < -0.3 is 10.5 Å². The first-order valence-electron chi connectivity index (χ1n) is 7.47. The first kappa shape index (κ1) is 13.4. The quantitative estimate of drug-likeness (QED) is 0.828. The number of hydrogen-bond donors (Lipinski definition) is 2. The van der Waals surface area contributed by atoms with Crippen LogP contribution < -0.4 is 15.2 Å². The van der Waals surface area contributed by atoms with Crippen LogP contribution in [0.25, 0.3) is 0 Å². The van der Waals surface area contributed by atoms with Crippen LogP contribution in [0.4, 0.5) is 5.69 Å². The largest absolute Gasteiger partial charge is 0.495 e. The van der Waals surface area contributed by atoms with Gasteiger partial charge in [-0.05, 0) is 61.1 Å². The summed E-state index contributed by atoms with van der Waals surface area (Å²) in [5.41, 5.74) is 6.15. The molecule has 3 fully saturated rings. The van der Waals surface area contributed by atoms with Crippen LogP contribution in [0.5, 0.6) is 5.75 Å². The topological polar surface area (TPSA) is 81.4 Å². The number of nitrogen functional groups attached to an aromatic ring is 1. The summed E-state index contributed by atoms with van der Waals surface area (Å²) in [5, 5.41) is 0. The number of nitrogens with two attached hydrogens (primary N) is 1. The van der Waals surface area contributed by atoms with E-state index >= 15 is 0 Å². The van der Waals surface area contributed by atoms with E-state index in [0.717, 1.165) is 11.8 Å². The summed E-state index contributed by atoms with van der Waals surface area (Å²) in [5.74, 6) is 2.92. The molecule has 4 rings (SSSR count). The maximum absolute atomic E-state index is 12.6. The van der Waals surface area contributed by atoms with Crippen molar-refractivity contribution in [2.45, 2.75) is 30.2 Å². The first-order chi connectivity index (χ1) is 10.0. The van der Waals surface area contributed by atoms with Gasteiger partial charge in [0.2, 0.25) is 10.0 Å². The van der Waals surface area contributed by atoms with E-state index in [1.54, 1.807) is 12.1 Å². The lowest BCUT2D eigenvalue weighted by molar-refractivity contribution is 0.402. The average molecular weight is 308 g/mol. The van der Waals surface area contributed by atoms with Crippen LogP contribution in [0, 0.1) is 23.7 Å². The monoisotopic (exact) mass is 308 g/mol. The predicted molar refractivity (Wildman–Crippen MR) is 79.3 cm³/mol. The average Bonchev–Trinajstić information content (AvgIpc) is 2.85. The van der Waals surface area contributed by atoms with E-state index < -0.39 is 10.0 Å². The highest BCUT2D eigenvalue weighted by molar-refractivity contribution is 7.89. The van der Waals surface area contributed by atoms with Crippen LogP contribution in [-0.4, -0.2) is 21.6 Å². The second-order valence-electron chi connectivity index (χ2n) is 6.55. The summed E-state index contributed by atoms with van der Waals surface area (Å²) >= 11 is 0. The Hall–Kier alpha value is -1.27. The van der Waals surface area contributed by atoms with Gasteiger partial charge in [0.25, 0.3) is 0 Å². The van der Waals surface area contributed by atoms with Crippen LogP contribution in [0.1, 0.15) is 19.3 Å². The van der Waals surface area contributed by atoms with Gasteiger partial charge in [0.1, 0.15) is 10.6 Å². The molecular weight excluding hydrogens is 288 g/mol. The molecule has 3 aliphatic rings. The third-order valence-corrected chi connectivity index (χ3v) is 6.98. The van der Waals surface area contributed by atoms with Gasteiger partial charge in [-0.15, -0.1) is 0 Å². The number of anilines is 1. The fourth-order valence-corrected chi connectivity index (χ4v) is 6.14. The Kier molecular flexibility index (Phi) is 2.78. The van der Waals surface area contributed by atoms with E-state index in [4.69, 9.17) is 10.5 Å². The van der Waals surface area contributed by atoms with E-state index in [1.165, 1.54) is 32.4 Å². The van der Waals surface area contributed by atoms with Crippen LogP contribution >= 0.6 is 0 Å². The molecule has 21 heavy (non-hydrogen) atoms. The molecule has 0 spiro atoms. The maximum Gasteiger partial charge on any atom is 0.244 e. The Morgan fingerprint density at radius 1 is 1.24 bits per heavy atom. The van der Waals surface area contributed by atoms with E-state index in [0.29, 0.717) is 23.3 Å². The fraction of sp³-hybridized carbons (Fsp3) is 0.600. The number of fused-ring (bicyclic) bond motifs is 5. The van der Waals surface area contributed by atoms with Gasteiger partial charge in [-0.3, -0.25) is 0 Å². The molecule has 1 aromatic rings. The zero-order valence-corrected chi connectivity index (χ0v) is 12.8. The summed E-state index contributed by atoms with van der Waals surface area (Å²) in [7, 11) is -2.11. The molecule has 0 amide bonds. The number of methoxy groups -OCH3 is 1. The number of ether oxygens (including phenoxy) is 1. The molecule has 4 atom stereocenters. The van der Waals surface area contributed by atoms with Gasteiger partial charge in [0.05, 0.1) is 7.11 Å². The summed E-state index contributed by atoms with van der Waals surface area (Å²) in [6.45, 7) is 0. The van der Waals surface area contributed by atoms with Crippen molar-refractivity contribution in [2.75, 3.05) is 12.8 Å². The van der Waals surface area contributed by atoms with Crippen molar-refractivity contribution in [3.63, 3.8) is 0 Å². The van der Waals surface area contributed by atoms with Crippen molar-refractivity contribution in [3.05, 3.63) is 18.2 Å². The van der Waals surface area contributed by atoms with Gasteiger partial charge >= 0.3 is 0 Å². The minimum atomic E-state index is -3.58. The van der Waals surface area contributed by atoms with Gasteiger partial charge in [0.15, 0.2) is 0 Å². The Bertz CT molecular complexity index is 672. The molecule has 5 nitrogen and oxygen atoms in total. The maximum atomic E-state index is 12.6. The molecule has 0 saturated heterocycles. The molecular formula is C15H20N2O3S. The van der Waals surface area contributed by atoms with Crippen LogP contribution in [0.2, 0.25) is 0 Å². The predicted octanol–water partition coefficient (Wildman–Crippen LogP) is 1.60.